The summed E-state index contributed by atoms with van der Waals surface area (Å²) in [5, 5.41) is 1.29. The molecule has 1 heterocycles. The van der Waals surface area contributed by atoms with Crippen LogP contribution in [0.2, 0.25) is 0 Å². The van der Waals surface area contributed by atoms with Crippen molar-refractivity contribution < 1.29 is 0 Å². The molecule has 0 spiro atoms. The second-order valence-electron chi connectivity index (χ2n) is 4.94. The molecule has 90 valence electrons. The van der Waals surface area contributed by atoms with Gasteiger partial charge in [-0.3, -0.25) is 0 Å². The van der Waals surface area contributed by atoms with E-state index in [0.717, 1.165) is 0 Å². The molecule has 19 heavy (non-hydrogen) atoms. The normalized spacial score (nSPS) is 12.3. The van der Waals surface area contributed by atoms with Gasteiger partial charge in [-0.2, -0.15) is 0 Å². The first-order chi connectivity index (χ1) is 9.34. The number of hydrogen-bond donors (Lipinski definition) is 0. The molecule has 4 rings (SSSR count). The SMILES string of the molecule is Cc1ccc(-n2c3c(c4ccccc42)C=C=C3)cc1. The monoisotopic (exact) mass is 243 g/mol. The van der Waals surface area contributed by atoms with Gasteiger partial charge in [-0.05, 0) is 31.2 Å². The quantitative estimate of drug-likeness (QED) is 0.431. The van der Waals surface area contributed by atoms with Gasteiger partial charge in [-0.25, -0.2) is 0 Å². The lowest BCUT2D eigenvalue weighted by Crippen LogP contribution is -1.96. The highest BCUT2D eigenvalue weighted by molar-refractivity contribution is 5.97. The van der Waals surface area contributed by atoms with E-state index in [9.17, 15) is 0 Å². The topological polar surface area (TPSA) is 4.93 Å². The highest BCUT2D eigenvalue weighted by atomic mass is 15.0. The van der Waals surface area contributed by atoms with Gasteiger partial charge in [-0.1, -0.05) is 35.9 Å². The molecule has 0 bridgehead atoms. The number of rotatable bonds is 1. The Labute approximate surface area is 112 Å². The average molecular weight is 243 g/mol. The van der Waals surface area contributed by atoms with Crippen LogP contribution in [0.1, 0.15) is 16.8 Å². The third kappa shape index (κ3) is 1.43. The summed E-state index contributed by atoms with van der Waals surface area (Å²) in [5.74, 6) is 0. The van der Waals surface area contributed by atoms with Gasteiger partial charge in [-0.15, -0.1) is 5.73 Å². The Kier molecular flexibility index (Phi) is 2.05. The maximum absolute atomic E-state index is 3.21. The summed E-state index contributed by atoms with van der Waals surface area (Å²) in [5.41, 5.74) is 9.45. The summed E-state index contributed by atoms with van der Waals surface area (Å²) < 4.78 is 2.31. The van der Waals surface area contributed by atoms with Gasteiger partial charge in [0.2, 0.25) is 0 Å². The summed E-state index contributed by atoms with van der Waals surface area (Å²) in [6, 6.07) is 17.2. The standard InChI is InChI=1S/C18H13N/c1-13-9-11-14(12-10-13)19-17-7-3-2-5-15(17)16-6-4-8-18(16)19/h2-3,5-12H,1H3. The summed E-state index contributed by atoms with van der Waals surface area (Å²) in [6.45, 7) is 2.11. The Morgan fingerprint density at radius 1 is 0.895 bits per heavy atom. The Bertz CT molecular complexity index is 841. The molecule has 0 unspecified atom stereocenters. The summed E-state index contributed by atoms with van der Waals surface area (Å²) in [4.78, 5) is 0. The van der Waals surface area contributed by atoms with E-state index in [4.69, 9.17) is 0 Å². The van der Waals surface area contributed by atoms with Crippen molar-refractivity contribution in [3.8, 4) is 5.69 Å². The minimum atomic E-state index is 1.21. The number of fused-ring (bicyclic) bond motifs is 3. The Hall–Kier alpha value is -2.50. The minimum absolute atomic E-state index is 1.21. The predicted octanol–water partition coefficient (Wildman–Crippen LogP) is 4.58. The van der Waals surface area contributed by atoms with Crippen LogP contribution in [-0.2, 0) is 0 Å². The van der Waals surface area contributed by atoms with Crippen LogP contribution in [0.15, 0.2) is 54.3 Å². The predicted molar refractivity (Wildman–Crippen MR) is 80.5 cm³/mol. The van der Waals surface area contributed by atoms with Crippen LogP contribution in [0.5, 0.6) is 0 Å². The van der Waals surface area contributed by atoms with Gasteiger partial charge in [0.25, 0.3) is 0 Å². The van der Waals surface area contributed by atoms with Crippen molar-refractivity contribution in [3.05, 3.63) is 71.1 Å². The van der Waals surface area contributed by atoms with Crippen molar-refractivity contribution >= 4 is 23.1 Å². The summed E-state index contributed by atoms with van der Waals surface area (Å²) in [6.07, 6.45) is 4.14. The van der Waals surface area contributed by atoms with Crippen molar-refractivity contribution in [2.75, 3.05) is 0 Å². The van der Waals surface area contributed by atoms with E-state index in [1.54, 1.807) is 0 Å². The molecule has 1 aliphatic carbocycles. The summed E-state index contributed by atoms with van der Waals surface area (Å²) in [7, 11) is 0. The van der Waals surface area contributed by atoms with E-state index < -0.39 is 0 Å². The molecule has 2 aromatic carbocycles. The van der Waals surface area contributed by atoms with Gasteiger partial charge in [0.05, 0.1) is 11.2 Å². The fourth-order valence-electron chi connectivity index (χ4n) is 2.75. The maximum Gasteiger partial charge on any atom is 0.0624 e. The largest absolute Gasteiger partial charge is 0.309 e. The molecular weight excluding hydrogens is 230 g/mol. The molecule has 1 heteroatoms. The number of nitrogens with zero attached hydrogens (tertiary/aromatic N) is 1. The Morgan fingerprint density at radius 2 is 1.68 bits per heavy atom. The first-order valence-corrected chi connectivity index (χ1v) is 6.47. The van der Waals surface area contributed by atoms with Gasteiger partial charge >= 0.3 is 0 Å². The van der Waals surface area contributed by atoms with Crippen molar-refractivity contribution in [3.63, 3.8) is 0 Å². The molecule has 0 saturated carbocycles. The van der Waals surface area contributed by atoms with Crippen molar-refractivity contribution in [2.45, 2.75) is 6.92 Å². The molecule has 1 aliphatic rings. The van der Waals surface area contributed by atoms with Crippen LogP contribution in [0.3, 0.4) is 0 Å². The van der Waals surface area contributed by atoms with Crippen LogP contribution < -0.4 is 0 Å². The second kappa shape index (κ2) is 3.74. The van der Waals surface area contributed by atoms with Crippen molar-refractivity contribution in [1.29, 1.82) is 0 Å². The maximum atomic E-state index is 3.21. The molecule has 0 N–H and O–H groups in total. The number of hydrogen-bond acceptors (Lipinski definition) is 0. The average Bonchev–Trinajstić information content (AvgIpc) is 3.00. The van der Waals surface area contributed by atoms with Crippen LogP contribution in [0.25, 0.3) is 28.7 Å². The molecule has 0 aliphatic heterocycles. The van der Waals surface area contributed by atoms with Crippen molar-refractivity contribution in [2.24, 2.45) is 0 Å². The molecule has 0 saturated heterocycles. The number of aryl methyl sites for hydroxylation is 1. The molecule has 1 aromatic heterocycles. The minimum Gasteiger partial charge on any atom is -0.309 e. The second-order valence-corrected chi connectivity index (χ2v) is 4.94. The van der Waals surface area contributed by atoms with Crippen LogP contribution >= 0.6 is 0 Å². The molecule has 3 aromatic rings. The lowest BCUT2D eigenvalue weighted by atomic mass is 10.1. The first kappa shape index (κ1) is 10.4. The van der Waals surface area contributed by atoms with E-state index in [-0.39, 0.29) is 0 Å². The van der Waals surface area contributed by atoms with E-state index in [0.29, 0.717) is 0 Å². The van der Waals surface area contributed by atoms with E-state index in [1.807, 2.05) is 0 Å². The number of aromatic nitrogens is 1. The van der Waals surface area contributed by atoms with E-state index >= 15 is 0 Å². The molecule has 0 atom stereocenters. The summed E-state index contributed by atoms with van der Waals surface area (Å²) >= 11 is 0. The zero-order chi connectivity index (χ0) is 12.8. The smallest absolute Gasteiger partial charge is 0.0624 e. The van der Waals surface area contributed by atoms with Crippen LogP contribution in [0.4, 0.5) is 0 Å². The van der Waals surface area contributed by atoms with Gasteiger partial charge in [0, 0.05) is 22.7 Å². The van der Waals surface area contributed by atoms with Gasteiger partial charge in [0.15, 0.2) is 0 Å². The van der Waals surface area contributed by atoms with Crippen molar-refractivity contribution in [1.82, 2.24) is 4.57 Å². The molecule has 0 fully saturated rings. The first-order valence-electron chi connectivity index (χ1n) is 6.47. The molecule has 0 radical (unpaired) electrons. The zero-order valence-corrected chi connectivity index (χ0v) is 10.7. The van der Waals surface area contributed by atoms with Gasteiger partial charge in [0.1, 0.15) is 0 Å². The molecule has 1 nitrogen and oxygen atoms in total. The Balaban J connectivity index is 2.10. The third-order valence-electron chi connectivity index (χ3n) is 3.69. The van der Waals surface area contributed by atoms with E-state index in [1.165, 1.54) is 33.4 Å². The fraction of sp³-hybridized carbons (Fsp3) is 0.0556. The van der Waals surface area contributed by atoms with Crippen LogP contribution in [-0.4, -0.2) is 4.57 Å². The third-order valence-corrected chi connectivity index (χ3v) is 3.69. The Morgan fingerprint density at radius 3 is 2.53 bits per heavy atom. The number of para-hydroxylation sites is 1. The fourth-order valence-corrected chi connectivity index (χ4v) is 2.75. The highest BCUT2D eigenvalue weighted by Gasteiger charge is 2.16. The van der Waals surface area contributed by atoms with Crippen LogP contribution in [0, 0.1) is 6.92 Å². The number of benzene rings is 2. The zero-order valence-electron chi connectivity index (χ0n) is 10.7. The highest BCUT2D eigenvalue weighted by Crippen LogP contribution is 2.33. The van der Waals surface area contributed by atoms with Gasteiger partial charge < -0.3 is 4.57 Å². The lowest BCUT2D eigenvalue weighted by Gasteiger charge is -2.08. The lowest BCUT2D eigenvalue weighted by molar-refractivity contribution is 1.10. The molecule has 0 amide bonds. The van der Waals surface area contributed by atoms with E-state index in [2.05, 4.69) is 77.9 Å². The molecular formula is C18H13N.